The van der Waals surface area contributed by atoms with Crippen LogP contribution in [0.4, 0.5) is 5.69 Å². The van der Waals surface area contributed by atoms with Crippen molar-refractivity contribution < 1.29 is 9.52 Å². The Morgan fingerprint density at radius 1 is 0.875 bits per heavy atom. The first-order valence-corrected chi connectivity index (χ1v) is 10.5. The van der Waals surface area contributed by atoms with Gasteiger partial charge in [0, 0.05) is 17.3 Å². The summed E-state index contributed by atoms with van der Waals surface area (Å²) in [5.74, 6) is 0.770. The van der Waals surface area contributed by atoms with Crippen LogP contribution in [0.3, 0.4) is 0 Å². The molecule has 0 amide bonds. The predicted octanol–water partition coefficient (Wildman–Crippen LogP) is 6.85. The number of benzene rings is 4. The van der Waals surface area contributed by atoms with Crippen LogP contribution < -0.4 is 0 Å². The normalized spacial score (nSPS) is 11.4. The molecular formula is C28H22N2O2. The van der Waals surface area contributed by atoms with Crippen LogP contribution in [-0.2, 0) is 6.42 Å². The lowest BCUT2D eigenvalue weighted by Crippen LogP contribution is -1.91. The maximum atomic E-state index is 10.3. The third-order valence-electron chi connectivity index (χ3n) is 5.33. The van der Waals surface area contributed by atoms with Crippen molar-refractivity contribution in [1.82, 2.24) is 4.98 Å². The molecule has 0 saturated carbocycles. The van der Waals surface area contributed by atoms with Gasteiger partial charge in [0.15, 0.2) is 5.58 Å². The minimum Gasteiger partial charge on any atom is -0.507 e. The maximum Gasteiger partial charge on any atom is 0.227 e. The van der Waals surface area contributed by atoms with E-state index >= 15 is 0 Å². The summed E-state index contributed by atoms with van der Waals surface area (Å²) in [5, 5.41) is 10.3. The van der Waals surface area contributed by atoms with E-state index in [1.165, 1.54) is 5.56 Å². The molecule has 1 heterocycles. The van der Waals surface area contributed by atoms with E-state index in [-0.39, 0.29) is 5.75 Å². The van der Waals surface area contributed by atoms with Gasteiger partial charge in [-0.05, 0) is 72.5 Å². The van der Waals surface area contributed by atoms with E-state index in [1.807, 2.05) is 79.7 Å². The first-order valence-electron chi connectivity index (χ1n) is 10.5. The highest BCUT2D eigenvalue weighted by Crippen LogP contribution is 2.28. The Balaban J connectivity index is 1.40. The molecule has 1 N–H and O–H groups in total. The van der Waals surface area contributed by atoms with Gasteiger partial charge in [-0.1, -0.05) is 48.5 Å². The monoisotopic (exact) mass is 418 g/mol. The van der Waals surface area contributed by atoms with Crippen LogP contribution in [0.1, 0.15) is 22.3 Å². The minimum absolute atomic E-state index is 0.205. The van der Waals surface area contributed by atoms with E-state index in [1.54, 1.807) is 12.3 Å². The van der Waals surface area contributed by atoms with Crippen molar-refractivity contribution in [3.8, 4) is 17.2 Å². The molecule has 5 rings (SSSR count). The number of hydrogen-bond acceptors (Lipinski definition) is 4. The lowest BCUT2D eigenvalue weighted by atomic mass is 10.0. The van der Waals surface area contributed by atoms with Crippen LogP contribution in [0.25, 0.3) is 22.6 Å². The zero-order valence-corrected chi connectivity index (χ0v) is 17.7. The second kappa shape index (κ2) is 8.52. The smallest absolute Gasteiger partial charge is 0.227 e. The van der Waals surface area contributed by atoms with Crippen molar-refractivity contribution in [3.05, 3.63) is 113 Å². The van der Waals surface area contributed by atoms with Gasteiger partial charge in [-0.2, -0.15) is 0 Å². The average Bonchev–Trinajstić information content (AvgIpc) is 3.24. The lowest BCUT2D eigenvalue weighted by Gasteiger charge is -2.05. The van der Waals surface area contributed by atoms with Crippen LogP contribution >= 0.6 is 0 Å². The van der Waals surface area contributed by atoms with Gasteiger partial charge < -0.3 is 9.52 Å². The zero-order chi connectivity index (χ0) is 21.9. The van der Waals surface area contributed by atoms with E-state index in [2.05, 4.69) is 22.1 Å². The number of rotatable bonds is 5. The number of aliphatic imine (C=N–C) groups is 1. The molecule has 0 fully saturated rings. The Bertz CT molecular complexity index is 1420. The molecular weight excluding hydrogens is 396 g/mol. The first-order chi connectivity index (χ1) is 15.6. The number of oxazole rings is 1. The number of nitrogens with zero attached hydrogens (tertiary/aromatic N) is 2. The minimum atomic E-state index is 0.205. The fourth-order valence-electron chi connectivity index (χ4n) is 3.67. The largest absolute Gasteiger partial charge is 0.507 e. The van der Waals surface area contributed by atoms with Crippen LogP contribution in [0.15, 0.2) is 100 Å². The highest BCUT2D eigenvalue weighted by Gasteiger charge is 2.09. The Kier molecular flexibility index (Phi) is 5.26. The van der Waals surface area contributed by atoms with Crippen LogP contribution in [-0.4, -0.2) is 16.3 Å². The van der Waals surface area contributed by atoms with Crippen molar-refractivity contribution in [2.24, 2.45) is 4.99 Å². The molecule has 4 heteroatoms. The Hall–Kier alpha value is -4.18. The molecule has 0 aliphatic carbocycles. The molecule has 0 aliphatic rings. The summed E-state index contributed by atoms with van der Waals surface area (Å²) < 4.78 is 5.92. The number of aromatic hydroxyl groups is 1. The van der Waals surface area contributed by atoms with Crippen LogP contribution in [0, 0.1) is 6.92 Å². The SMILES string of the molecule is Cc1ccc2oc(-c3cccc(N=Cc4cc(Cc5ccccc5)ccc4O)c3)nc2c1. The van der Waals surface area contributed by atoms with Gasteiger partial charge in [0.1, 0.15) is 11.3 Å². The highest BCUT2D eigenvalue weighted by molar-refractivity contribution is 5.86. The molecule has 0 atom stereocenters. The van der Waals surface area contributed by atoms with Crippen molar-refractivity contribution in [2.45, 2.75) is 13.3 Å². The van der Waals surface area contributed by atoms with Gasteiger partial charge in [0.2, 0.25) is 5.89 Å². The quantitative estimate of drug-likeness (QED) is 0.318. The van der Waals surface area contributed by atoms with Gasteiger partial charge in [0.25, 0.3) is 0 Å². The molecule has 0 saturated heterocycles. The van der Waals surface area contributed by atoms with E-state index in [0.29, 0.717) is 11.5 Å². The summed E-state index contributed by atoms with van der Waals surface area (Å²) in [6.45, 7) is 2.04. The average molecular weight is 418 g/mol. The maximum absolute atomic E-state index is 10.3. The number of aryl methyl sites for hydroxylation is 1. The molecule has 5 aromatic rings. The highest BCUT2D eigenvalue weighted by atomic mass is 16.3. The molecule has 0 unspecified atom stereocenters. The summed E-state index contributed by atoms with van der Waals surface area (Å²) in [6, 6.07) is 29.6. The molecule has 0 aliphatic heterocycles. The second-order valence-corrected chi connectivity index (χ2v) is 7.85. The standard InChI is InChI=1S/C28H22N2O2/c1-19-10-13-27-25(14-19)30-28(32-27)22-8-5-9-24(17-22)29-18-23-16-21(11-12-26(23)31)15-20-6-3-2-4-7-20/h2-14,16-18,31H,15H2,1H3. The molecule has 0 radical (unpaired) electrons. The number of phenols is 1. The second-order valence-electron chi connectivity index (χ2n) is 7.85. The van der Waals surface area contributed by atoms with Gasteiger partial charge >= 0.3 is 0 Å². The van der Waals surface area contributed by atoms with Crippen molar-refractivity contribution in [2.75, 3.05) is 0 Å². The molecule has 4 nitrogen and oxygen atoms in total. The summed E-state index contributed by atoms with van der Waals surface area (Å²) in [4.78, 5) is 9.20. The molecule has 4 aromatic carbocycles. The molecule has 0 bridgehead atoms. The van der Waals surface area contributed by atoms with Gasteiger partial charge in [-0.3, -0.25) is 4.99 Å². The van der Waals surface area contributed by atoms with Gasteiger partial charge in [-0.25, -0.2) is 4.98 Å². The topological polar surface area (TPSA) is 58.6 Å². The Morgan fingerprint density at radius 3 is 2.62 bits per heavy atom. The number of phenolic OH excluding ortho intramolecular Hbond substituents is 1. The Labute approximate surface area is 186 Å². The third kappa shape index (κ3) is 4.30. The van der Waals surface area contributed by atoms with E-state index in [9.17, 15) is 5.11 Å². The first kappa shape index (κ1) is 19.8. The summed E-state index contributed by atoms with van der Waals surface area (Å²) in [6.07, 6.45) is 2.49. The van der Waals surface area contributed by atoms with Gasteiger partial charge in [-0.15, -0.1) is 0 Å². The summed E-state index contributed by atoms with van der Waals surface area (Å²) in [5.41, 5.74) is 7.39. The molecule has 1 aromatic heterocycles. The van der Waals surface area contributed by atoms with Crippen LogP contribution in [0.5, 0.6) is 5.75 Å². The summed E-state index contributed by atoms with van der Waals surface area (Å²) >= 11 is 0. The third-order valence-corrected chi connectivity index (χ3v) is 5.33. The molecule has 156 valence electrons. The number of aromatic nitrogens is 1. The van der Waals surface area contributed by atoms with Crippen molar-refractivity contribution in [3.63, 3.8) is 0 Å². The fourth-order valence-corrected chi connectivity index (χ4v) is 3.67. The molecule has 32 heavy (non-hydrogen) atoms. The van der Waals surface area contributed by atoms with Crippen molar-refractivity contribution >= 4 is 23.0 Å². The zero-order valence-electron chi connectivity index (χ0n) is 17.7. The van der Waals surface area contributed by atoms with Gasteiger partial charge in [0.05, 0.1) is 5.69 Å². The lowest BCUT2D eigenvalue weighted by molar-refractivity contribution is 0.474. The van der Waals surface area contributed by atoms with Crippen molar-refractivity contribution in [1.29, 1.82) is 0 Å². The Morgan fingerprint density at radius 2 is 1.75 bits per heavy atom. The number of hydrogen-bond donors (Lipinski definition) is 1. The summed E-state index contributed by atoms with van der Waals surface area (Å²) in [7, 11) is 0. The number of fused-ring (bicyclic) bond motifs is 1. The fraction of sp³-hybridized carbons (Fsp3) is 0.0714. The van der Waals surface area contributed by atoms with Crippen LogP contribution in [0.2, 0.25) is 0 Å². The van der Waals surface area contributed by atoms with E-state index in [4.69, 9.17) is 4.42 Å². The van der Waals surface area contributed by atoms with E-state index < -0.39 is 0 Å². The predicted molar refractivity (Wildman–Crippen MR) is 129 cm³/mol. The molecule has 0 spiro atoms. The van der Waals surface area contributed by atoms with E-state index in [0.717, 1.165) is 39.9 Å².